The Balaban J connectivity index is 4.13. The zero-order valence-electron chi connectivity index (χ0n) is 8.99. The average Bonchev–Trinajstić information content (AvgIpc) is 1.98. The van der Waals surface area contributed by atoms with E-state index in [9.17, 15) is 14.4 Å². The van der Waals surface area contributed by atoms with Crippen molar-refractivity contribution in [3.63, 3.8) is 0 Å². The van der Waals surface area contributed by atoms with Crippen LogP contribution in [0.1, 0.15) is 27.2 Å². The van der Waals surface area contributed by atoms with Crippen molar-refractivity contribution in [2.24, 2.45) is 5.73 Å². The highest BCUT2D eigenvalue weighted by atomic mass is 16.6. The van der Waals surface area contributed by atoms with E-state index < -0.39 is 23.6 Å². The minimum atomic E-state index is -1.06. The summed E-state index contributed by atoms with van der Waals surface area (Å²) in [5, 5.41) is 2.17. The van der Waals surface area contributed by atoms with Crippen LogP contribution in [0.25, 0.3) is 0 Å². The third-order valence-corrected chi connectivity index (χ3v) is 1.24. The maximum atomic E-state index is 11.1. The monoisotopic (exact) mass is 215 g/mol. The Hall–Kier alpha value is -1.59. The first kappa shape index (κ1) is 13.4. The largest absolute Gasteiger partial charge is 0.444 e. The number of carbonyl (C=O) groups excluding carboxylic acids is 3. The lowest BCUT2D eigenvalue weighted by Crippen LogP contribution is -2.41. The van der Waals surface area contributed by atoms with Crippen molar-refractivity contribution in [2.45, 2.75) is 38.8 Å². The fraction of sp³-hybridized carbons (Fsp3) is 0.667. The van der Waals surface area contributed by atoms with Crippen molar-refractivity contribution >= 4 is 18.3 Å². The number of ether oxygens (including phenoxy) is 1. The molecule has 0 aromatic carbocycles. The van der Waals surface area contributed by atoms with E-state index in [1.807, 2.05) is 0 Å². The van der Waals surface area contributed by atoms with Gasteiger partial charge in [-0.3, -0.25) is 9.59 Å². The first-order valence-electron chi connectivity index (χ1n) is 4.40. The van der Waals surface area contributed by atoms with Gasteiger partial charge in [-0.2, -0.15) is 0 Å². The summed E-state index contributed by atoms with van der Waals surface area (Å²) in [6, 6.07) is -1.06. The van der Waals surface area contributed by atoms with Crippen LogP contribution in [0.15, 0.2) is 0 Å². The number of nitrogens with one attached hydrogen (secondary N) is 1. The quantitative estimate of drug-likeness (QED) is 0.682. The summed E-state index contributed by atoms with van der Waals surface area (Å²) in [7, 11) is 0. The van der Waals surface area contributed by atoms with Gasteiger partial charge in [0.15, 0.2) is 0 Å². The second-order valence-electron chi connectivity index (χ2n) is 3.99. The van der Waals surface area contributed by atoms with E-state index >= 15 is 0 Å². The summed E-state index contributed by atoms with van der Waals surface area (Å²) >= 11 is 0. The van der Waals surface area contributed by atoms with Gasteiger partial charge in [0.2, 0.25) is 12.2 Å². The molecule has 6 nitrogen and oxygen atoms in total. The molecule has 0 fully saturated rings. The van der Waals surface area contributed by atoms with Gasteiger partial charge in [0.05, 0.1) is 6.42 Å². The third-order valence-electron chi connectivity index (χ3n) is 1.24. The number of primary amides is 1. The Morgan fingerprint density at radius 2 is 2.00 bits per heavy atom. The summed E-state index contributed by atoms with van der Waals surface area (Å²) in [6.07, 6.45) is 0.418. The minimum Gasteiger partial charge on any atom is -0.444 e. The molecule has 85 valence electrons. The Morgan fingerprint density at radius 1 is 1.47 bits per heavy atom. The zero-order valence-corrected chi connectivity index (χ0v) is 8.99. The summed E-state index contributed by atoms with van der Waals surface area (Å²) < 4.78 is 4.87. The third kappa shape index (κ3) is 7.48. The van der Waals surface area contributed by atoms with Crippen molar-refractivity contribution in [2.75, 3.05) is 0 Å². The average molecular weight is 215 g/mol. The van der Waals surface area contributed by atoms with Gasteiger partial charge in [-0.05, 0) is 20.8 Å². The maximum absolute atomic E-state index is 11.1. The fourth-order valence-corrected chi connectivity index (χ4v) is 0.773. The smallest absolute Gasteiger partial charge is 0.408 e. The molecule has 0 saturated heterocycles. The molecule has 0 aromatic rings. The van der Waals surface area contributed by atoms with Gasteiger partial charge >= 0.3 is 6.09 Å². The molecule has 0 aliphatic rings. The second kappa shape index (κ2) is 5.33. The molecule has 0 bridgehead atoms. The molecule has 0 heterocycles. The highest BCUT2D eigenvalue weighted by Crippen LogP contribution is 2.06. The SMILES string of the molecule is CC(C)(C)OC(=O)N[C@H]([C]=O)CC(N)=O. The van der Waals surface area contributed by atoms with Gasteiger partial charge in [0.1, 0.15) is 11.6 Å². The molecule has 3 N–H and O–H groups in total. The van der Waals surface area contributed by atoms with E-state index in [-0.39, 0.29) is 6.42 Å². The molecule has 0 spiro atoms. The number of carbonyl (C=O) groups is 2. The number of hydrogen-bond acceptors (Lipinski definition) is 4. The number of alkyl carbamates (subject to hydrolysis) is 1. The standard InChI is InChI=1S/C9H15N2O4/c1-9(2,3)15-8(14)11-6(5-12)4-7(10)13/h6H,4H2,1-3H3,(H2,10,13)(H,11,14)/t6-/m0/s1. The Kier molecular flexibility index (Phi) is 4.77. The highest BCUT2D eigenvalue weighted by Gasteiger charge is 2.20. The second-order valence-corrected chi connectivity index (χ2v) is 3.99. The van der Waals surface area contributed by atoms with Crippen LogP contribution in [0.2, 0.25) is 0 Å². The number of hydrogen-bond donors (Lipinski definition) is 2. The predicted molar refractivity (Wildman–Crippen MR) is 52.7 cm³/mol. The van der Waals surface area contributed by atoms with Crippen molar-refractivity contribution in [3.05, 3.63) is 0 Å². The van der Waals surface area contributed by atoms with Crippen molar-refractivity contribution in [1.29, 1.82) is 0 Å². The Labute approximate surface area is 88.1 Å². The van der Waals surface area contributed by atoms with Crippen LogP contribution in [0, 0.1) is 0 Å². The molecular formula is C9H15N2O4. The Bertz CT molecular complexity index is 257. The van der Waals surface area contributed by atoms with Crippen LogP contribution >= 0.6 is 0 Å². The Morgan fingerprint density at radius 3 is 2.33 bits per heavy atom. The summed E-state index contributed by atoms with van der Waals surface area (Å²) in [4.78, 5) is 32.0. The van der Waals surface area contributed by atoms with Gasteiger partial charge in [0.25, 0.3) is 0 Å². The van der Waals surface area contributed by atoms with Crippen LogP contribution in [0.4, 0.5) is 4.79 Å². The van der Waals surface area contributed by atoms with E-state index in [4.69, 9.17) is 10.5 Å². The van der Waals surface area contributed by atoms with Gasteiger partial charge in [-0.25, -0.2) is 4.79 Å². The molecule has 1 atom stereocenters. The van der Waals surface area contributed by atoms with Crippen LogP contribution in [-0.2, 0) is 14.3 Å². The first-order valence-corrected chi connectivity index (χ1v) is 4.40. The number of amides is 2. The fourth-order valence-electron chi connectivity index (χ4n) is 0.773. The van der Waals surface area contributed by atoms with E-state index in [0.29, 0.717) is 0 Å². The summed E-state index contributed by atoms with van der Waals surface area (Å²) in [5.41, 5.74) is 4.20. The van der Waals surface area contributed by atoms with Crippen LogP contribution in [0.3, 0.4) is 0 Å². The van der Waals surface area contributed by atoms with E-state index in [1.54, 1.807) is 20.8 Å². The topological polar surface area (TPSA) is 98.5 Å². The lowest BCUT2D eigenvalue weighted by atomic mass is 10.2. The first-order chi connectivity index (χ1) is 6.74. The summed E-state index contributed by atoms with van der Waals surface area (Å²) in [6.45, 7) is 5.04. The number of nitrogens with two attached hydrogens (primary N) is 1. The number of rotatable bonds is 4. The molecule has 6 heteroatoms. The van der Waals surface area contributed by atoms with E-state index in [2.05, 4.69) is 5.32 Å². The van der Waals surface area contributed by atoms with Gasteiger partial charge in [-0.1, -0.05) is 0 Å². The molecule has 0 aliphatic heterocycles. The van der Waals surface area contributed by atoms with Crippen LogP contribution in [-0.4, -0.2) is 29.9 Å². The van der Waals surface area contributed by atoms with E-state index in [0.717, 1.165) is 0 Å². The van der Waals surface area contributed by atoms with Crippen LogP contribution in [0.5, 0.6) is 0 Å². The van der Waals surface area contributed by atoms with Gasteiger partial charge in [0, 0.05) is 0 Å². The normalized spacial score (nSPS) is 12.7. The molecule has 2 amide bonds. The molecule has 0 rings (SSSR count). The molecule has 1 radical (unpaired) electrons. The molecular weight excluding hydrogens is 200 g/mol. The van der Waals surface area contributed by atoms with Crippen molar-refractivity contribution in [1.82, 2.24) is 5.32 Å². The maximum Gasteiger partial charge on any atom is 0.408 e. The molecule has 15 heavy (non-hydrogen) atoms. The van der Waals surface area contributed by atoms with Gasteiger partial charge in [-0.15, -0.1) is 0 Å². The lowest BCUT2D eigenvalue weighted by molar-refractivity contribution is -0.118. The molecule has 0 aliphatic carbocycles. The highest BCUT2D eigenvalue weighted by molar-refractivity contribution is 5.81. The van der Waals surface area contributed by atoms with Crippen molar-refractivity contribution in [3.8, 4) is 0 Å². The lowest BCUT2D eigenvalue weighted by Gasteiger charge is -2.20. The predicted octanol–water partition coefficient (Wildman–Crippen LogP) is -0.135. The van der Waals surface area contributed by atoms with Crippen molar-refractivity contribution < 1.29 is 19.1 Å². The van der Waals surface area contributed by atoms with E-state index in [1.165, 1.54) is 6.29 Å². The zero-order chi connectivity index (χ0) is 12.1. The minimum absolute atomic E-state index is 0.289. The summed E-state index contributed by atoms with van der Waals surface area (Å²) in [5.74, 6) is -0.695. The van der Waals surface area contributed by atoms with Crippen LogP contribution < -0.4 is 11.1 Å². The van der Waals surface area contributed by atoms with Gasteiger partial charge < -0.3 is 15.8 Å². The molecule has 0 aromatic heterocycles. The molecule has 0 saturated carbocycles. The molecule has 0 unspecified atom stereocenters.